The van der Waals surface area contributed by atoms with Crippen LogP contribution in [0.25, 0.3) is 0 Å². The summed E-state index contributed by atoms with van der Waals surface area (Å²) in [6.45, 7) is 1.70. The summed E-state index contributed by atoms with van der Waals surface area (Å²) in [5.41, 5.74) is -0.172. The molecule has 0 bridgehead atoms. The fourth-order valence-corrected chi connectivity index (χ4v) is 1.67. The normalized spacial score (nSPS) is 11.7. The van der Waals surface area contributed by atoms with E-state index in [0.717, 1.165) is 0 Å². The zero-order valence-corrected chi connectivity index (χ0v) is 10.8. The SMILES string of the molecule is CC(Oc1ccccc1)Oc1ccc(C(=O)O)c(O)c1. The Balaban J connectivity index is 2.03. The first-order chi connectivity index (χ1) is 9.56. The monoisotopic (exact) mass is 274 g/mol. The van der Waals surface area contributed by atoms with Gasteiger partial charge in [-0.25, -0.2) is 4.79 Å². The Morgan fingerprint density at radius 2 is 1.70 bits per heavy atom. The van der Waals surface area contributed by atoms with E-state index < -0.39 is 12.3 Å². The van der Waals surface area contributed by atoms with Crippen molar-refractivity contribution in [2.75, 3.05) is 0 Å². The summed E-state index contributed by atoms with van der Waals surface area (Å²) in [4.78, 5) is 10.8. The number of aromatic carboxylic acids is 1. The lowest BCUT2D eigenvalue weighted by Crippen LogP contribution is -2.19. The van der Waals surface area contributed by atoms with Gasteiger partial charge in [0, 0.05) is 13.0 Å². The van der Waals surface area contributed by atoms with E-state index in [0.29, 0.717) is 11.5 Å². The van der Waals surface area contributed by atoms with Crippen molar-refractivity contribution in [2.45, 2.75) is 13.2 Å². The Kier molecular flexibility index (Phi) is 4.10. The Morgan fingerprint density at radius 1 is 1.05 bits per heavy atom. The number of para-hydroxylation sites is 1. The average Bonchev–Trinajstić information content (AvgIpc) is 2.39. The molecule has 0 fully saturated rings. The second-order valence-corrected chi connectivity index (χ2v) is 4.10. The van der Waals surface area contributed by atoms with Gasteiger partial charge >= 0.3 is 5.97 Å². The van der Waals surface area contributed by atoms with Crippen LogP contribution in [0.4, 0.5) is 0 Å². The third-order valence-corrected chi connectivity index (χ3v) is 2.55. The van der Waals surface area contributed by atoms with Gasteiger partial charge in [0.05, 0.1) is 0 Å². The molecule has 0 aromatic heterocycles. The third kappa shape index (κ3) is 3.41. The van der Waals surface area contributed by atoms with Crippen LogP contribution in [0, 0.1) is 0 Å². The maximum atomic E-state index is 10.8. The summed E-state index contributed by atoms with van der Waals surface area (Å²) < 4.78 is 11.0. The van der Waals surface area contributed by atoms with Crippen LogP contribution in [0.5, 0.6) is 17.2 Å². The van der Waals surface area contributed by atoms with Crippen molar-refractivity contribution in [3.63, 3.8) is 0 Å². The zero-order valence-electron chi connectivity index (χ0n) is 10.8. The predicted molar refractivity (Wildman–Crippen MR) is 72.2 cm³/mol. The van der Waals surface area contributed by atoms with E-state index in [1.807, 2.05) is 18.2 Å². The lowest BCUT2D eigenvalue weighted by molar-refractivity contribution is 0.0222. The van der Waals surface area contributed by atoms with Crippen LogP contribution in [0.2, 0.25) is 0 Å². The van der Waals surface area contributed by atoms with Crippen molar-refractivity contribution in [3.05, 3.63) is 54.1 Å². The standard InChI is InChI=1S/C15H14O5/c1-10(19-11-5-3-2-4-6-11)20-12-7-8-13(15(17)18)14(16)9-12/h2-10,16H,1H3,(H,17,18). The highest BCUT2D eigenvalue weighted by molar-refractivity contribution is 5.90. The molecule has 1 unspecified atom stereocenters. The minimum Gasteiger partial charge on any atom is -0.507 e. The maximum absolute atomic E-state index is 10.8. The lowest BCUT2D eigenvalue weighted by atomic mass is 10.2. The molecule has 0 aliphatic heterocycles. The molecule has 2 N–H and O–H groups in total. The highest BCUT2D eigenvalue weighted by Gasteiger charge is 2.12. The molecule has 0 spiro atoms. The van der Waals surface area contributed by atoms with E-state index in [-0.39, 0.29) is 11.3 Å². The number of rotatable bonds is 5. The van der Waals surface area contributed by atoms with Gasteiger partial charge in [0.15, 0.2) is 0 Å². The summed E-state index contributed by atoms with van der Waals surface area (Å²) in [5, 5.41) is 18.4. The van der Waals surface area contributed by atoms with Crippen LogP contribution in [0.15, 0.2) is 48.5 Å². The summed E-state index contributed by atoms with van der Waals surface area (Å²) >= 11 is 0. The molecular weight excluding hydrogens is 260 g/mol. The van der Waals surface area contributed by atoms with Crippen LogP contribution >= 0.6 is 0 Å². The van der Waals surface area contributed by atoms with Gasteiger partial charge in [-0.1, -0.05) is 18.2 Å². The molecule has 1 atom stereocenters. The molecular formula is C15H14O5. The lowest BCUT2D eigenvalue weighted by Gasteiger charge is -2.16. The molecule has 0 saturated heterocycles. The topological polar surface area (TPSA) is 76.0 Å². The molecule has 0 heterocycles. The predicted octanol–water partition coefficient (Wildman–Crippen LogP) is 2.89. The molecule has 104 valence electrons. The Labute approximate surface area is 116 Å². The van der Waals surface area contributed by atoms with Gasteiger partial charge in [-0.2, -0.15) is 0 Å². The summed E-state index contributed by atoms with van der Waals surface area (Å²) in [6, 6.07) is 13.1. The Bertz CT molecular complexity index is 594. The number of carboxylic acid groups (broad SMARTS) is 1. The first-order valence-corrected chi connectivity index (χ1v) is 6.01. The van der Waals surface area contributed by atoms with Crippen molar-refractivity contribution in [1.29, 1.82) is 0 Å². The van der Waals surface area contributed by atoms with E-state index in [1.165, 1.54) is 18.2 Å². The fraction of sp³-hybridized carbons (Fsp3) is 0.133. The van der Waals surface area contributed by atoms with Crippen LogP contribution in [-0.2, 0) is 0 Å². The van der Waals surface area contributed by atoms with Gasteiger partial charge < -0.3 is 19.7 Å². The van der Waals surface area contributed by atoms with Crippen molar-refractivity contribution < 1.29 is 24.5 Å². The Hall–Kier alpha value is -2.69. The van der Waals surface area contributed by atoms with Crippen LogP contribution in [-0.4, -0.2) is 22.5 Å². The minimum absolute atomic E-state index is 0.172. The van der Waals surface area contributed by atoms with E-state index >= 15 is 0 Å². The molecule has 2 rings (SSSR count). The van der Waals surface area contributed by atoms with E-state index in [9.17, 15) is 9.90 Å². The highest BCUT2D eigenvalue weighted by atomic mass is 16.7. The smallest absolute Gasteiger partial charge is 0.339 e. The number of ether oxygens (including phenoxy) is 2. The summed E-state index contributed by atoms with van der Waals surface area (Å²) in [7, 11) is 0. The number of hydrogen-bond acceptors (Lipinski definition) is 4. The molecule has 2 aromatic rings. The molecule has 5 heteroatoms. The van der Waals surface area contributed by atoms with Crippen molar-refractivity contribution in [3.8, 4) is 17.2 Å². The molecule has 2 aromatic carbocycles. The summed E-state index contributed by atoms with van der Waals surface area (Å²) in [5.74, 6) is -0.549. The van der Waals surface area contributed by atoms with Gasteiger partial charge in [0.2, 0.25) is 6.29 Å². The van der Waals surface area contributed by atoms with Crippen LogP contribution < -0.4 is 9.47 Å². The second-order valence-electron chi connectivity index (χ2n) is 4.10. The number of benzene rings is 2. The quantitative estimate of drug-likeness (QED) is 0.820. The van der Waals surface area contributed by atoms with E-state index in [2.05, 4.69) is 0 Å². The maximum Gasteiger partial charge on any atom is 0.339 e. The molecule has 5 nitrogen and oxygen atoms in total. The van der Waals surface area contributed by atoms with Crippen LogP contribution in [0.3, 0.4) is 0 Å². The first kappa shape index (κ1) is 13.7. The van der Waals surface area contributed by atoms with Gasteiger partial charge in [0.1, 0.15) is 22.8 Å². The number of phenols is 1. The van der Waals surface area contributed by atoms with Gasteiger partial charge in [0.25, 0.3) is 0 Å². The molecule has 0 aliphatic carbocycles. The molecule has 20 heavy (non-hydrogen) atoms. The van der Waals surface area contributed by atoms with Gasteiger partial charge in [-0.15, -0.1) is 0 Å². The molecule has 0 saturated carbocycles. The van der Waals surface area contributed by atoms with Crippen molar-refractivity contribution >= 4 is 5.97 Å². The second kappa shape index (κ2) is 5.97. The third-order valence-electron chi connectivity index (χ3n) is 2.55. The van der Waals surface area contributed by atoms with Crippen molar-refractivity contribution in [2.24, 2.45) is 0 Å². The Morgan fingerprint density at radius 3 is 2.30 bits per heavy atom. The van der Waals surface area contributed by atoms with E-state index in [1.54, 1.807) is 19.1 Å². The van der Waals surface area contributed by atoms with Gasteiger partial charge in [-0.3, -0.25) is 0 Å². The largest absolute Gasteiger partial charge is 0.507 e. The van der Waals surface area contributed by atoms with Crippen molar-refractivity contribution in [1.82, 2.24) is 0 Å². The molecule has 0 radical (unpaired) electrons. The summed E-state index contributed by atoms with van der Waals surface area (Å²) in [6.07, 6.45) is -0.576. The van der Waals surface area contributed by atoms with Crippen LogP contribution in [0.1, 0.15) is 17.3 Å². The first-order valence-electron chi connectivity index (χ1n) is 6.01. The number of carboxylic acids is 1. The highest BCUT2D eigenvalue weighted by Crippen LogP contribution is 2.24. The fourth-order valence-electron chi connectivity index (χ4n) is 1.67. The van der Waals surface area contributed by atoms with E-state index in [4.69, 9.17) is 14.6 Å². The molecule has 0 amide bonds. The number of carbonyl (C=O) groups is 1. The minimum atomic E-state index is -1.19. The zero-order chi connectivity index (χ0) is 14.5. The van der Waals surface area contributed by atoms with Gasteiger partial charge in [-0.05, 0) is 24.3 Å². The number of aromatic hydroxyl groups is 1. The molecule has 0 aliphatic rings. The average molecular weight is 274 g/mol. The number of hydrogen-bond donors (Lipinski definition) is 2.